The summed E-state index contributed by atoms with van der Waals surface area (Å²) in [6, 6.07) is 4.19. The number of halogens is 2. The number of carboxylic acid groups (broad SMARTS) is 1. The second kappa shape index (κ2) is 8.70. The molecule has 114 valence electrons. The van der Waals surface area contributed by atoms with Gasteiger partial charge in [0.15, 0.2) is 0 Å². The molecule has 4 nitrogen and oxygen atoms in total. The van der Waals surface area contributed by atoms with Crippen molar-refractivity contribution < 1.29 is 14.7 Å². The minimum absolute atomic E-state index is 0.351. The lowest BCUT2D eigenvalue weighted by Gasteiger charge is -2.12. The summed E-state index contributed by atoms with van der Waals surface area (Å²) in [6.07, 6.45) is 4.76. The number of benzene rings is 1. The third-order valence-electron chi connectivity index (χ3n) is 2.86. The molecule has 0 aliphatic rings. The zero-order valence-electron chi connectivity index (χ0n) is 11.6. The monoisotopic (exact) mass is 329 g/mol. The van der Waals surface area contributed by atoms with Crippen LogP contribution >= 0.6 is 23.2 Å². The highest BCUT2D eigenvalue weighted by Crippen LogP contribution is 2.26. The van der Waals surface area contributed by atoms with Gasteiger partial charge < -0.3 is 10.4 Å². The molecule has 21 heavy (non-hydrogen) atoms. The zero-order chi connectivity index (χ0) is 15.8. The fourth-order valence-electron chi connectivity index (χ4n) is 1.70. The van der Waals surface area contributed by atoms with Gasteiger partial charge in [-0.3, -0.25) is 4.79 Å². The summed E-state index contributed by atoms with van der Waals surface area (Å²) in [7, 11) is 0. The Kier molecular flexibility index (Phi) is 7.26. The molecule has 1 unspecified atom stereocenters. The first kappa shape index (κ1) is 17.5. The number of rotatable bonds is 7. The minimum Gasteiger partial charge on any atom is -0.480 e. The van der Waals surface area contributed by atoms with E-state index in [2.05, 4.69) is 5.32 Å². The maximum absolute atomic E-state index is 11.8. The Hall–Kier alpha value is -1.52. The molecule has 0 saturated carbocycles. The number of carbonyl (C=O) groups is 2. The van der Waals surface area contributed by atoms with Gasteiger partial charge in [0.1, 0.15) is 6.04 Å². The SMILES string of the molecule is CCCCC(NC(=O)/C=C/c1cccc(Cl)c1Cl)C(=O)O. The number of amides is 1. The molecule has 0 aliphatic carbocycles. The molecule has 1 aromatic rings. The molecule has 0 aromatic heterocycles. The van der Waals surface area contributed by atoms with Crippen molar-refractivity contribution in [3.8, 4) is 0 Å². The van der Waals surface area contributed by atoms with Crippen LogP contribution in [0.15, 0.2) is 24.3 Å². The maximum Gasteiger partial charge on any atom is 0.326 e. The summed E-state index contributed by atoms with van der Waals surface area (Å²) in [6.45, 7) is 1.96. The van der Waals surface area contributed by atoms with Crippen molar-refractivity contribution in [2.24, 2.45) is 0 Å². The number of carboxylic acids is 1. The quantitative estimate of drug-likeness (QED) is 0.748. The van der Waals surface area contributed by atoms with E-state index in [-0.39, 0.29) is 0 Å². The molecule has 0 saturated heterocycles. The Balaban J connectivity index is 2.69. The van der Waals surface area contributed by atoms with Gasteiger partial charge in [0.25, 0.3) is 0 Å². The molecule has 0 fully saturated rings. The number of hydrogen-bond acceptors (Lipinski definition) is 2. The average Bonchev–Trinajstić information content (AvgIpc) is 2.44. The van der Waals surface area contributed by atoms with Crippen molar-refractivity contribution in [1.82, 2.24) is 5.32 Å². The predicted molar refractivity (Wildman–Crippen MR) is 84.6 cm³/mol. The third-order valence-corrected chi connectivity index (χ3v) is 3.69. The molecular formula is C15H17Cl2NO3. The van der Waals surface area contributed by atoms with Crippen molar-refractivity contribution in [3.05, 3.63) is 39.9 Å². The van der Waals surface area contributed by atoms with Gasteiger partial charge in [-0.25, -0.2) is 4.79 Å². The van der Waals surface area contributed by atoms with E-state index in [1.54, 1.807) is 18.2 Å². The van der Waals surface area contributed by atoms with Crippen molar-refractivity contribution in [2.45, 2.75) is 32.2 Å². The Morgan fingerprint density at radius 3 is 2.71 bits per heavy atom. The molecule has 1 amide bonds. The summed E-state index contributed by atoms with van der Waals surface area (Å²) in [5, 5.41) is 12.2. The van der Waals surface area contributed by atoms with Gasteiger partial charge in [-0.1, -0.05) is 55.1 Å². The first-order valence-corrected chi connectivity index (χ1v) is 7.36. The topological polar surface area (TPSA) is 66.4 Å². The first-order valence-electron chi connectivity index (χ1n) is 6.61. The van der Waals surface area contributed by atoms with Crippen LogP contribution in [0.2, 0.25) is 10.0 Å². The summed E-state index contributed by atoms with van der Waals surface area (Å²) in [5.74, 6) is -1.51. The van der Waals surface area contributed by atoms with Gasteiger partial charge in [-0.15, -0.1) is 0 Å². The fraction of sp³-hybridized carbons (Fsp3) is 0.333. The van der Waals surface area contributed by atoms with Crippen LogP contribution in [-0.2, 0) is 9.59 Å². The predicted octanol–water partition coefficient (Wildman–Crippen LogP) is 3.77. The summed E-state index contributed by atoms with van der Waals surface area (Å²) >= 11 is 11.9. The van der Waals surface area contributed by atoms with Crippen LogP contribution in [0.25, 0.3) is 6.08 Å². The fourth-order valence-corrected chi connectivity index (χ4v) is 2.07. The Morgan fingerprint density at radius 2 is 2.10 bits per heavy atom. The normalized spacial score (nSPS) is 12.3. The molecular weight excluding hydrogens is 313 g/mol. The number of unbranched alkanes of at least 4 members (excludes halogenated alkanes) is 1. The van der Waals surface area contributed by atoms with Crippen LogP contribution in [0.5, 0.6) is 0 Å². The van der Waals surface area contributed by atoms with Crippen LogP contribution in [0, 0.1) is 0 Å². The Bertz CT molecular complexity index is 544. The molecule has 0 radical (unpaired) electrons. The number of aliphatic carboxylic acids is 1. The highest BCUT2D eigenvalue weighted by molar-refractivity contribution is 6.42. The standard InChI is InChI=1S/C15H17Cl2NO3/c1-2-3-7-12(15(20)21)18-13(19)9-8-10-5-4-6-11(16)14(10)17/h4-6,8-9,12H,2-3,7H2,1H3,(H,18,19)(H,20,21)/b9-8+. The van der Waals surface area contributed by atoms with Crippen molar-refractivity contribution in [2.75, 3.05) is 0 Å². The molecule has 0 spiro atoms. The molecule has 0 bridgehead atoms. The number of hydrogen-bond donors (Lipinski definition) is 2. The van der Waals surface area contributed by atoms with Gasteiger partial charge >= 0.3 is 5.97 Å². The largest absolute Gasteiger partial charge is 0.480 e. The van der Waals surface area contributed by atoms with Crippen LogP contribution in [0.4, 0.5) is 0 Å². The third kappa shape index (κ3) is 5.78. The van der Waals surface area contributed by atoms with E-state index in [1.165, 1.54) is 12.2 Å². The smallest absolute Gasteiger partial charge is 0.326 e. The van der Waals surface area contributed by atoms with Gasteiger partial charge in [0.2, 0.25) is 5.91 Å². The van der Waals surface area contributed by atoms with Crippen LogP contribution in [0.1, 0.15) is 31.7 Å². The lowest BCUT2D eigenvalue weighted by molar-refractivity contribution is -0.141. The maximum atomic E-state index is 11.8. The zero-order valence-corrected chi connectivity index (χ0v) is 13.1. The summed E-state index contributed by atoms with van der Waals surface area (Å²) < 4.78 is 0. The Labute approximate surface area is 133 Å². The molecule has 6 heteroatoms. The molecule has 0 heterocycles. The highest BCUT2D eigenvalue weighted by atomic mass is 35.5. The Morgan fingerprint density at radius 1 is 1.38 bits per heavy atom. The van der Waals surface area contributed by atoms with E-state index in [0.29, 0.717) is 22.0 Å². The number of nitrogens with one attached hydrogen (secondary N) is 1. The van der Waals surface area contributed by atoms with Gasteiger partial charge in [0, 0.05) is 6.08 Å². The lowest BCUT2D eigenvalue weighted by atomic mass is 10.1. The van der Waals surface area contributed by atoms with Crippen molar-refractivity contribution >= 4 is 41.2 Å². The van der Waals surface area contributed by atoms with E-state index in [1.807, 2.05) is 6.92 Å². The van der Waals surface area contributed by atoms with Crippen LogP contribution in [0.3, 0.4) is 0 Å². The molecule has 0 aliphatic heterocycles. The average molecular weight is 330 g/mol. The summed E-state index contributed by atoms with van der Waals surface area (Å²) in [4.78, 5) is 22.8. The van der Waals surface area contributed by atoms with Crippen LogP contribution < -0.4 is 5.32 Å². The number of carbonyl (C=O) groups excluding carboxylic acids is 1. The van der Waals surface area contributed by atoms with Gasteiger partial charge in [-0.2, -0.15) is 0 Å². The van der Waals surface area contributed by atoms with Gasteiger partial charge in [0.05, 0.1) is 10.0 Å². The van der Waals surface area contributed by atoms with E-state index in [9.17, 15) is 9.59 Å². The van der Waals surface area contributed by atoms with Crippen molar-refractivity contribution in [3.63, 3.8) is 0 Å². The molecule has 1 rings (SSSR count). The van der Waals surface area contributed by atoms with E-state index >= 15 is 0 Å². The second-order valence-corrected chi connectivity index (χ2v) is 5.30. The minimum atomic E-state index is -1.04. The van der Waals surface area contributed by atoms with Crippen molar-refractivity contribution in [1.29, 1.82) is 0 Å². The van der Waals surface area contributed by atoms with E-state index < -0.39 is 17.9 Å². The molecule has 1 aromatic carbocycles. The summed E-state index contributed by atoms with van der Waals surface area (Å²) in [5.41, 5.74) is 0.597. The van der Waals surface area contributed by atoms with Crippen LogP contribution in [-0.4, -0.2) is 23.0 Å². The van der Waals surface area contributed by atoms with E-state index in [0.717, 1.165) is 12.8 Å². The highest BCUT2D eigenvalue weighted by Gasteiger charge is 2.17. The lowest BCUT2D eigenvalue weighted by Crippen LogP contribution is -2.39. The molecule has 2 N–H and O–H groups in total. The van der Waals surface area contributed by atoms with Gasteiger partial charge in [-0.05, 0) is 24.1 Å². The first-order chi connectivity index (χ1) is 9.95. The molecule has 1 atom stereocenters. The van der Waals surface area contributed by atoms with E-state index in [4.69, 9.17) is 28.3 Å². The second-order valence-electron chi connectivity index (χ2n) is 4.52.